The fourth-order valence-electron chi connectivity index (χ4n) is 1.94. The van der Waals surface area contributed by atoms with Gasteiger partial charge in [0.25, 0.3) is 0 Å². The van der Waals surface area contributed by atoms with E-state index in [2.05, 4.69) is 0 Å². The summed E-state index contributed by atoms with van der Waals surface area (Å²) in [7, 11) is 0. The van der Waals surface area contributed by atoms with Gasteiger partial charge in [-0.25, -0.2) is 0 Å². The molecule has 0 rings (SSSR count). The summed E-state index contributed by atoms with van der Waals surface area (Å²) < 4.78 is 0. The van der Waals surface area contributed by atoms with Gasteiger partial charge in [0.1, 0.15) is 0 Å². The van der Waals surface area contributed by atoms with Gasteiger partial charge < -0.3 is 15.1 Å². The molecule has 4 heteroatoms. The van der Waals surface area contributed by atoms with Crippen molar-refractivity contribution in [2.75, 3.05) is 0 Å². The highest BCUT2D eigenvalue weighted by atomic mass is 16.3. The topological polar surface area (TPSA) is 60.8 Å². The molecule has 0 spiro atoms. The maximum atomic E-state index is 12.3. The third-order valence-electron chi connectivity index (χ3n) is 3.46. The number of nitrogens with zero attached hydrogens (tertiary/aromatic N) is 1. The Hall–Kier alpha value is -0.610. The molecule has 0 fully saturated rings. The van der Waals surface area contributed by atoms with Gasteiger partial charge in [0.15, 0.2) is 0 Å². The summed E-state index contributed by atoms with van der Waals surface area (Å²) >= 11 is 0. The maximum absolute atomic E-state index is 12.3. The molecule has 0 radical (unpaired) electrons. The summed E-state index contributed by atoms with van der Waals surface area (Å²) in [5.74, 6) is -0.756. The molecule has 0 bridgehead atoms. The van der Waals surface area contributed by atoms with Crippen molar-refractivity contribution < 1.29 is 15.0 Å². The van der Waals surface area contributed by atoms with E-state index in [1.807, 2.05) is 27.7 Å². The Bertz CT molecular complexity index is 251. The molecule has 1 amide bonds. The maximum Gasteiger partial charge on any atom is 0.228 e. The smallest absolute Gasteiger partial charge is 0.228 e. The monoisotopic (exact) mass is 245 g/mol. The lowest BCUT2D eigenvalue weighted by molar-refractivity contribution is -0.155. The molecular weight excluding hydrogens is 218 g/mol. The molecule has 0 aromatic rings. The standard InChI is InChI=1S/C13H27NO3/c1-8(2)14(9(3)4)12(16)10(5)13(7,17)11(6)15/h8-11,15,17H,1-7H3/t10-,11-,13+/m0/s1. The van der Waals surface area contributed by atoms with Gasteiger partial charge in [-0.2, -0.15) is 0 Å². The number of amides is 1. The lowest BCUT2D eigenvalue weighted by Crippen LogP contribution is -2.54. The van der Waals surface area contributed by atoms with Gasteiger partial charge >= 0.3 is 0 Å². The van der Waals surface area contributed by atoms with Crippen LogP contribution in [0.15, 0.2) is 0 Å². The molecule has 0 heterocycles. The zero-order valence-corrected chi connectivity index (χ0v) is 12.1. The van der Waals surface area contributed by atoms with E-state index in [1.165, 1.54) is 13.8 Å². The first-order valence-electron chi connectivity index (χ1n) is 6.26. The molecule has 3 atom stereocenters. The molecule has 4 nitrogen and oxygen atoms in total. The van der Waals surface area contributed by atoms with Gasteiger partial charge in [0.2, 0.25) is 5.91 Å². The molecule has 17 heavy (non-hydrogen) atoms. The average molecular weight is 245 g/mol. The normalized spacial score (nSPS) is 19.0. The van der Waals surface area contributed by atoms with Crippen LogP contribution in [0.4, 0.5) is 0 Å². The highest BCUT2D eigenvalue weighted by Gasteiger charge is 2.40. The summed E-state index contributed by atoms with van der Waals surface area (Å²) in [4.78, 5) is 14.1. The largest absolute Gasteiger partial charge is 0.390 e. The van der Waals surface area contributed by atoms with Gasteiger partial charge in [-0.1, -0.05) is 6.92 Å². The zero-order valence-electron chi connectivity index (χ0n) is 12.1. The SMILES string of the molecule is CC(C)N(C(=O)[C@H](C)[C@@](C)(O)[C@H](C)O)C(C)C. The van der Waals surface area contributed by atoms with Gasteiger partial charge in [-0.3, -0.25) is 4.79 Å². The fourth-order valence-corrected chi connectivity index (χ4v) is 1.94. The third-order valence-corrected chi connectivity index (χ3v) is 3.46. The number of rotatable bonds is 5. The Balaban J connectivity index is 5.03. The van der Waals surface area contributed by atoms with Crippen LogP contribution in [0.3, 0.4) is 0 Å². The average Bonchev–Trinajstić information content (AvgIpc) is 2.14. The molecule has 0 saturated carbocycles. The molecule has 0 aliphatic rings. The van der Waals surface area contributed by atoms with Crippen LogP contribution in [0.2, 0.25) is 0 Å². The molecule has 102 valence electrons. The number of aliphatic hydroxyl groups excluding tert-OH is 1. The number of hydrogen-bond acceptors (Lipinski definition) is 3. The first-order chi connectivity index (χ1) is 7.53. The summed E-state index contributed by atoms with van der Waals surface area (Å²) in [5.41, 5.74) is -1.40. The van der Waals surface area contributed by atoms with Gasteiger partial charge in [-0.05, 0) is 41.5 Å². The minimum Gasteiger partial charge on any atom is -0.390 e. The van der Waals surface area contributed by atoms with Crippen LogP contribution >= 0.6 is 0 Å². The summed E-state index contributed by atoms with van der Waals surface area (Å²) in [6.07, 6.45) is -0.942. The van der Waals surface area contributed by atoms with Crippen molar-refractivity contribution in [3.05, 3.63) is 0 Å². The van der Waals surface area contributed by atoms with Gasteiger partial charge in [0, 0.05) is 12.1 Å². The lowest BCUT2D eigenvalue weighted by Gasteiger charge is -2.39. The van der Waals surface area contributed by atoms with Crippen molar-refractivity contribution in [3.8, 4) is 0 Å². The van der Waals surface area contributed by atoms with E-state index in [-0.39, 0.29) is 18.0 Å². The molecule has 0 aliphatic heterocycles. The van der Waals surface area contributed by atoms with Crippen LogP contribution in [-0.2, 0) is 4.79 Å². The summed E-state index contributed by atoms with van der Waals surface area (Å²) in [6.45, 7) is 12.4. The molecule has 0 unspecified atom stereocenters. The summed E-state index contributed by atoms with van der Waals surface area (Å²) in [6, 6.07) is 0.157. The van der Waals surface area contributed by atoms with Crippen molar-refractivity contribution in [2.24, 2.45) is 5.92 Å². The van der Waals surface area contributed by atoms with E-state index in [4.69, 9.17) is 0 Å². The first-order valence-corrected chi connectivity index (χ1v) is 6.26. The van der Waals surface area contributed by atoms with E-state index < -0.39 is 17.6 Å². The van der Waals surface area contributed by atoms with Crippen LogP contribution < -0.4 is 0 Å². The fraction of sp³-hybridized carbons (Fsp3) is 0.923. The minimum atomic E-state index is -1.40. The van der Waals surface area contributed by atoms with Crippen LogP contribution in [0.1, 0.15) is 48.5 Å². The predicted molar refractivity (Wildman–Crippen MR) is 68.6 cm³/mol. The van der Waals surface area contributed by atoms with E-state index in [0.717, 1.165) is 0 Å². The highest BCUT2D eigenvalue weighted by molar-refractivity contribution is 5.80. The Labute approximate surface area is 105 Å². The Morgan fingerprint density at radius 2 is 1.41 bits per heavy atom. The van der Waals surface area contributed by atoms with Gasteiger partial charge in [-0.15, -0.1) is 0 Å². The highest BCUT2D eigenvalue weighted by Crippen LogP contribution is 2.24. The Morgan fingerprint density at radius 3 is 1.65 bits per heavy atom. The predicted octanol–water partition coefficient (Wildman–Crippen LogP) is 1.40. The Morgan fingerprint density at radius 1 is 1.06 bits per heavy atom. The molecule has 2 N–H and O–H groups in total. The molecule has 0 aliphatic carbocycles. The van der Waals surface area contributed by atoms with Crippen LogP contribution in [0.25, 0.3) is 0 Å². The van der Waals surface area contributed by atoms with Crippen LogP contribution in [-0.4, -0.2) is 44.8 Å². The molecule has 0 aromatic carbocycles. The van der Waals surface area contributed by atoms with Crippen molar-refractivity contribution >= 4 is 5.91 Å². The van der Waals surface area contributed by atoms with E-state index in [1.54, 1.807) is 11.8 Å². The van der Waals surface area contributed by atoms with Crippen molar-refractivity contribution in [1.82, 2.24) is 4.90 Å². The number of aliphatic hydroxyl groups is 2. The van der Waals surface area contributed by atoms with Gasteiger partial charge in [0.05, 0.1) is 17.6 Å². The van der Waals surface area contributed by atoms with E-state index in [0.29, 0.717) is 0 Å². The quantitative estimate of drug-likeness (QED) is 0.769. The third kappa shape index (κ3) is 3.68. The Kier molecular flexibility index (Phi) is 5.62. The first kappa shape index (κ1) is 16.4. The molecule has 0 aromatic heterocycles. The number of carbonyl (C=O) groups is 1. The van der Waals surface area contributed by atoms with Crippen molar-refractivity contribution in [3.63, 3.8) is 0 Å². The van der Waals surface area contributed by atoms with Crippen molar-refractivity contribution in [2.45, 2.75) is 72.3 Å². The zero-order chi connectivity index (χ0) is 14.0. The van der Waals surface area contributed by atoms with Crippen LogP contribution in [0.5, 0.6) is 0 Å². The number of carbonyl (C=O) groups excluding carboxylic acids is 1. The molecular formula is C13H27NO3. The second kappa shape index (κ2) is 5.83. The van der Waals surface area contributed by atoms with Crippen molar-refractivity contribution in [1.29, 1.82) is 0 Å². The second-order valence-electron chi connectivity index (χ2n) is 5.56. The molecule has 0 saturated heterocycles. The second-order valence-corrected chi connectivity index (χ2v) is 5.56. The summed E-state index contributed by atoms with van der Waals surface area (Å²) in [5, 5.41) is 19.7. The van der Waals surface area contributed by atoms with E-state index in [9.17, 15) is 15.0 Å². The lowest BCUT2D eigenvalue weighted by atomic mass is 9.84. The van der Waals surface area contributed by atoms with E-state index >= 15 is 0 Å². The number of hydrogen-bond donors (Lipinski definition) is 2. The minimum absolute atomic E-state index is 0.0785. The van der Waals surface area contributed by atoms with Crippen LogP contribution in [0, 0.1) is 5.92 Å².